The maximum Gasteiger partial charge on any atom is 4.00 e. The number of nitrogens with two attached hydrogens (primary N) is 3. The Morgan fingerprint density at radius 2 is 1.31 bits per heavy atom. The molecule has 1 saturated carbocycles. The Kier molecular flexibility index (Phi) is 40.9. The third-order valence-electron chi connectivity index (χ3n) is 9.24. The smallest absolute Gasteiger partial charge is 1.00 e. The predicted molar refractivity (Wildman–Crippen MR) is 256 cm³/mol. The van der Waals surface area contributed by atoms with Gasteiger partial charge in [-0.1, -0.05) is 31.4 Å². The monoisotopic (exact) mass is 1260 g/mol. The van der Waals surface area contributed by atoms with Crippen LogP contribution in [0.4, 0.5) is 23.1 Å². The third kappa shape index (κ3) is 32.3. The minimum atomic E-state index is -1.30. The quantitative estimate of drug-likeness (QED) is 0.0450. The molecule has 0 aliphatic heterocycles. The number of fused-ring (bicyclic) bond motifs is 1. The number of amides is 1. The first kappa shape index (κ1) is 72.2. The Morgan fingerprint density at radius 3 is 1.76 bits per heavy atom. The van der Waals surface area contributed by atoms with Gasteiger partial charge in [0.15, 0.2) is 17.0 Å². The standard InChI is InChI=1S/C20H22N8O5.C14H19Cl2NO2.C6H13N.2C2H4O2.2ClH.H3N.Pt/c1-28(9-11-8-23-17-15(24-11)16(21)26-20(22)27-17)12-4-2-10(3-5-12)18(31)25-13(19(32)33)6-7-14(29)30;15-8-10-17(11-9-16)13-6-4-12(5-7-13)2-1-3-14(18)19;7-6-4-2-1-3-5-6;2*1-2(3)4;;;;/h2-5,8,13H,6-7,9H2,1H3,(H,25,31)(H,29,30)(H,32,33)(H4,21,22,23,26,27);4-7H,1-3,8-11H2,(H,18,19);6H,1-5,7H2;2*1H3,(H,3,4);2*1H;1H3;/q;;;;;;;;+4/p-4/t13-;;;;;;;;/m0......../s1. The number of hydrogen-bond acceptors (Lipinski definition) is 18. The van der Waals surface area contributed by atoms with Gasteiger partial charge in [0, 0.05) is 79.7 Å². The van der Waals surface area contributed by atoms with E-state index in [-0.39, 0.29) is 88.6 Å². The number of anilines is 4. The molecule has 398 valence electrons. The summed E-state index contributed by atoms with van der Waals surface area (Å²) in [5.74, 6) is -4.68. The number of rotatable bonds is 18. The molecule has 0 saturated heterocycles. The summed E-state index contributed by atoms with van der Waals surface area (Å²) in [5.41, 5.74) is 21.5. The second-order valence-electron chi connectivity index (χ2n) is 14.9. The average molecular weight is 1260 g/mol. The van der Waals surface area contributed by atoms with E-state index >= 15 is 0 Å². The molecule has 1 atom stereocenters. The molecule has 0 unspecified atom stereocenters. The summed E-state index contributed by atoms with van der Waals surface area (Å²) >= 11 is 11.5. The fourth-order valence-corrected chi connectivity index (χ4v) is 6.46. The van der Waals surface area contributed by atoms with Crippen molar-refractivity contribution in [3.05, 3.63) is 71.5 Å². The Hall–Kier alpha value is -5.35. The van der Waals surface area contributed by atoms with Crippen LogP contribution < -0.4 is 73.5 Å². The normalized spacial score (nSPS) is 11.4. The van der Waals surface area contributed by atoms with E-state index in [0.717, 1.165) is 50.3 Å². The number of carbonyl (C=O) groups excluding carboxylic acids is 3. The molecule has 27 heteroatoms. The molecule has 5 rings (SSSR count). The average Bonchev–Trinajstić information content (AvgIpc) is 3.25. The van der Waals surface area contributed by atoms with Gasteiger partial charge in [-0.3, -0.25) is 14.4 Å². The second-order valence-corrected chi connectivity index (χ2v) is 15.6. The van der Waals surface area contributed by atoms with Gasteiger partial charge in [0.2, 0.25) is 5.95 Å². The maximum absolute atomic E-state index is 12.4. The summed E-state index contributed by atoms with van der Waals surface area (Å²) in [4.78, 5) is 83.1. The Balaban J connectivity index is -0.000000498. The van der Waals surface area contributed by atoms with Crippen molar-refractivity contribution in [3.8, 4) is 0 Å². The second kappa shape index (κ2) is 40.3. The zero-order chi connectivity index (χ0) is 50.5. The topological polar surface area (TPSA) is 392 Å². The molecule has 13 N–H and O–H groups in total. The number of alkyl halides is 2. The van der Waals surface area contributed by atoms with Crippen LogP contribution >= 0.6 is 23.2 Å². The molecular formula is C44H63Cl4N11O11Pt. The van der Waals surface area contributed by atoms with Crippen molar-refractivity contribution in [3.63, 3.8) is 0 Å². The molecule has 22 nitrogen and oxygen atoms in total. The number of hydrogen-bond donors (Lipinski definition) is 8. The number of benzene rings is 2. The number of halogens is 4. The van der Waals surface area contributed by atoms with Crippen LogP contribution in [0.25, 0.3) is 11.2 Å². The van der Waals surface area contributed by atoms with Crippen molar-refractivity contribution in [2.45, 2.75) is 96.7 Å². The number of carbonyl (C=O) groups is 6. The number of aromatic nitrogens is 4. The molecule has 1 amide bonds. The molecule has 1 aliphatic rings. The number of aryl methyl sites for hydroxylation is 1. The minimum absolute atomic E-state index is 0. The molecule has 1 aliphatic carbocycles. The van der Waals surface area contributed by atoms with Crippen LogP contribution in [-0.2, 0) is 58.0 Å². The van der Waals surface area contributed by atoms with Crippen molar-refractivity contribution in [1.29, 1.82) is 0 Å². The molecule has 71 heavy (non-hydrogen) atoms. The molecular weight excluding hydrogens is 1200 g/mol. The Bertz CT molecular complexity index is 2160. The van der Waals surface area contributed by atoms with Gasteiger partial charge in [-0.15, -0.1) is 23.2 Å². The fourth-order valence-electron chi connectivity index (χ4n) is 6.05. The minimum Gasteiger partial charge on any atom is -1.00 e. The molecule has 2 aromatic heterocycles. The number of carboxylic acid groups (broad SMARTS) is 5. The van der Waals surface area contributed by atoms with E-state index in [0.29, 0.717) is 47.6 Å². The van der Waals surface area contributed by atoms with E-state index in [4.69, 9.17) is 70.4 Å². The fraction of sp³-hybridized carbons (Fsp3) is 0.455. The van der Waals surface area contributed by atoms with E-state index < -0.39 is 41.8 Å². The van der Waals surface area contributed by atoms with Crippen LogP contribution in [0.15, 0.2) is 54.7 Å². The number of carboxylic acids is 5. The van der Waals surface area contributed by atoms with Gasteiger partial charge in [0.1, 0.15) is 6.04 Å². The van der Waals surface area contributed by atoms with E-state index in [1.807, 2.05) is 36.2 Å². The van der Waals surface area contributed by atoms with Crippen molar-refractivity contribution in [2.75, 3.05) is 53.2 Å². The predicted octanol–water partition coefficient (Wildman–Crippen LogP) is -3.40. The van der Waals surface area contributed by atoms with Gasteiger partial charge in [-0.25, -0.2) is 14.8 Å². The zero-order valence-electron chi connectivity index (χ0n) is 39.5. The van der Waals surface area contributed by atoms with Gasteiger partial charge >= 0.3 is 39.0 Å². The van der Waals surface area contributed by atoms with Crippen LogP contribution in [0.5, 0.6) is 0 Å². The summed E-state index contributed by atoms with van der Waals surface area (Å²) in [6.45, 7) is 3.86. The number of nitrogen functional groups attached to an aromatic ring is 2. The summed E-state index contributed by atoms with van der Waals surface area (Å²) in [5, 5.41) is 46.6. The molecule has 0 spiro atoms. The maximum atomic E-state index is 12.4. The van der Waals surface area contributed by atoms with E-state index in [9.17, 15) is 24.3 Å². The Morgan fingerprint density at radius 1 is 0.803 bits per heavy atom. The first-order valence-electron chi connectivity index (χ1n) is 21.1. The first-order chi connectivity index (χ1) is 31.7. The summed E-state index contributed by atoms with van der Waals surface area (Å²) < 4.78 is 0. The summed E-state index contributed by atoms with van der Waals surface area (Å²) in [6.07, 6.45) is 9.30. The van der Waals surface area contributed by atoms with E-state index in [1.54, 1.807) is 18.3 Å². The Labute approximate surface area is 449 Å². The number of nitrogens with zero attached hydrogens (tertiary/aromatic N) is 6. The van der Waals surface area contributed by atoms with E-state index in [2.05, 4.69) is 30.2 Å². The van der Waals surface area contributed by atoms with Gasteiger partial charge in [0.05, 0.1) is 18.4 Å². The largest absolute Gasteiger partial charge is 4.00 e. The van der Waals surface area contributed by atoms with Crippen molar-refractivity contribution in [1.82, 2.24) is 31.4 Å². The van der Waals surface area contributed by atoms with Gasteiger partial charge in [0.25, 0.3) is 5.91 Å². The van der Waals surface area contributed by atoms with Crippen molar-refractivity contribution >= 4 is 93.3 Å². The van der Waals surface area contributed by atoms with Crippen LogP contribution in [0.1, 0.15) is 93.3 Å². The van der Waals surface area contributed by atoms with Crippen LogP contribution in [0, 0.1) is 0 Å². The molecule has 1 fully saturated rings. The van der Waals surface area contributed by atoms with Crippen LogP contribution in [-0.4, -0.2) is 115 Å². The number of aliphatic carboxylic acids is 5. The van der Waals surface area contributed by atoms with Gasteiger partial charge in [-0.05, 0) is 87.9 Å². The first-order valence-corrected chi connectivity index (χ1v) is 22.1. The SMILES string of the molecule is CC(=O)[O-].CC(=O)[O-].CN(Cc1cnc2nc(N)nc(N)c2n1)c1ccc(C(=O)N[C@@H](CCC(=O)O)C(=O)O)cc1.N.NC1CCCCC1.O=C(O)CCCc1ccc(N(CCCl)CCCl)cc1.[Cl-].[Cl-].[Pt+4]. The molecule has 0 radical (unpaired) electrons. The molecule has 4 aromatic rings. The summed E-state index contributed by atoms with van der Waals surface area (Å²) in [6, 6.07) is 13.8. The summed E-state index contributed by atoms with van der Waals surface area (Å²) in [7, 11) is 1.82. The molecule has 2 aromatic carbocycles. The van der Waals surface area contributed by atoms with Crippen molar-refractivity contribution < 1.29 is 100 Å². The van der Waals surface area contributed by atoms with Gasteiger partial charge < -0.3 is 98.4 Å². The van der Waals surface area contributed by atoms with Gasteiger partial charge in [-0.2, -0.15) is 9.97 Å². The number of nitrogens with one attached hydrogen (secondary N) is 1. The molecule has 0 bridgehead atoms. The third-order valence-corrected chi connectivity index (χ3v) is 9.58. The van der Waals surface area contributed by atoms with E-state index in [1.165, 1.54) is 44.2 Å². The molecule has 2 heterocycles. The van der Waals surface area contributed by atoms with Crippen molar-refractivity contribution in [2.24, 2.45) is 5.73 Å². The van der Waals surface area contributed by atoms with Crippen LogP contribution in [0.2, 0.25) is 0 Å². The zero-order valence-corrected chi connectivity index (χ0v) is 44.8. The van der Waals surface area contributed by atoms with Crippen LogP contribution in [0.3, 0.4) is 0 Å².